The van der Waals surface area contributed by atoms with Gasteiger partial charge < -0.3 is 0 Å². The highest BCUT2D eigenvalue weighted by Crippen LogP contribution is 2.31. The van der Waals surface area contributed by atoms with E-state index in [0.717, 1.165) is 11.4 Å². The summed E-state index contributed by atoms with van der Waals surface area (Å²) in [6.45, 7) is 8.79. The van der Waals surface area contributed by atoms with Gasteiger partial charge in [0.2, 0.25) is 0 Å². The van der Waals surface area contributed by atoms with Gasteiger partial charge in [0.05, 0.1) is 5.69 Å². The van der Waals surface area contributed by atoms with Crippen LogP contribution in [0.4, 0.5) is 0 Å². The van der Waals surface area contributed by atoms with Gasteiger partial charge in [-0.15, -0.1) is 0 Å². The molecular formula is C30H34N2. The molecular weight excluding hydrogens is 388 g/mol. The normalized spacial score (nSPS) is 11.1. The molecule has 0 saturated carbocycles. The first-order valence-electron chi connectivity index (χ1n) is 11.9. The number of nitrogens with zero attached hydrogens (tertiary/aromatic N) is 2. The maximum atomic E-state index is 4.68. The van der Waals surface area contributed by atoms with E-state index in [1.807, 2.05) is 6.20 Å². The van der Waals surface area contributed by atoms with E-state index in [0.29, 0.717) is 0 Å². The maximum Gasteiger partial charge on any atom is 0.144 e. The lowest BCUT2D eigenvalue weighted by Crippen LogP contribution is -2.02. The summed E-state index contributed by atoms with van der Waals surface area (Å²) in [5.41, 5.74) is 10.1. The number of imidazole rings is 1. The van der Waals surface area contributed by atoms with Crippen molar-refractivity contribution in [3.05, 3.63) is 95.3 Å². The molecule has 4 rings (SSSR count). The molecule has 2 nitrogen and oxygen atoms in total. The third kappa shape index (κ3) is 4.85. The first kappa shape index (κ1) is 22.1. The third-order valence-corrected chi connectivity index (χ3v) is 6.26. The summed E-state index contributed by atoms with van der Waals surface area (Å²) in [5.74, 6) is 0.986. The van der Waals surface area contributed by atoms with Crippen LogP contribution in [0.25, 0.3) is 28.2 Å². The highest BCUT2D eigenvalue weighted by atomic mass is 15.1. The largest absolute Gasteiger partial charge is 0.299 e. The third-order valence-electron chi connectivity index (χ3n) is 6.26. The number of unbranched alkanes of at least 4 members (excludes halogenated alkanes) is 3. The molecule has 0 N–H and O–H groups in total. The summed E-state index contributed by atoms with van der Waals surface area (Å²) in [6.07, 6.45) is 10.4. The van der Waals surface area contributed by atoms with Gasteiger partial charge in [0, 0.05) is 18.0 Å². The topological polar surface area (TPSA) is 17.8 Å². The lowest BCUT2D eigenvalue weighted by Gasteiger charge is -2.16. The fraction of sp³-hybridized carbons (Fsp3) is 0.300. The molecule has 1 heterocycles. The van der Waals surface area contributed by atoms with E-state index in [4.69, 9.17) is 0 Å². The van der Waals surface area contributed by atoms with Gasteiger partial charge in [-0.3, -0.25) is 4.57 Å². The molecule has 4 aromatic rings. The molecule has 0 atom stereocenters. The zero-order chi connectivity index (χ0) is 22.5. The Bertz CT molecular complexity index is 1160. The molecule has 32 heavy (non-hydrogen) atoms. The molecule has 0 aliphatic carbocycles. The zero-order valence-electron chi connectivity index (χ0n) is 19.9. The van der Waals surface area contributed by atoms with Crippen LogP contribution in [0, 0.1) is 20.8 Å². The molecule has 0 bridgehead atoms. The highest BCUT2D eigenvalue weighted by molar-refractivity contribution is 5.70. The van der Waals surface area contributed by atoms with Crippen LogP contribution in [0.2, 0.25) is 0 Å². The van der Waals surface area contributed by atoms with Crippen molar-refractivity contribution in [2.75, 3.05) is 0 Å². The molecule has 0 aliphatic heterocycles. The van der Waals surface area contributed by atoms with Gasteiger partial charge in [-0.1, -0.05) is 74.2 Å². The monoisotopic (exact) mass is 422 g/mol. The standard InChI is InChI=1S/C30H34N2/c1-5-6-7-8-11-25-13-15-26(16-14-25)28-20-23(3)29(24(4)21-28)32-18-17-31-30(32)27-12-9-10-22(2)19-27/h9-10,12-21H,5-8,11H2,1-4H3. The van der Waals surface area contributed by atoms with E-state index < -0.39 is 0 Å². The molecule has 0 spiro atoms. The Hall–Kier alpha value is -3.13. The highest BCUT2D eigenvalue weighted by Gasteiger charge is 2.14. The summed E-state index contributed by atoms with van der Waals surface area (Å²) in [4.78, 5) is 4.68. The van der Waals surface area contributed by atoms with Gasteiger partial charge in [-0.05, 0) is 79.6 Å². The van der Waals surface area contributed by atoms with Crippen LogP contribution in [0.3, 0.4) is 0 Å². The lowest BCUT2D eigenvalue weighted by molar-refractivity contribution is 0.667. The van der Waals surface area contributed by atoms with E-state index in [9.17, 15) is 0 Å². The Kier molecular flexibility index (Phi) is 6.90. The van der Waals surface area contributed by atoms with Crippen molar-refractivity contribution in [3.8, 4) is 28.2 Å². The Morgan fingerprint density at radius 2 is 1.50 bits per heavy atom. The smallest absolute Gasteiger partial charge is 0.144 e. The second-order valence-corrected chi connectivity index (χ2v) is 8.96. The van der Waals surface area contributed by atoms with Crippen molar-refractivity contribution in [2.24, 2.45) is 0 Å². The van der Waals surface area contributed by atoms with Crippen LogP contribution < -0.4 is 0 Å². The number of hydrogen-bond acceptors (Lipinski definition) is 1. The number of aryl methyl sites for hydroxylation is 4. The predicted molar refractivity (Wildman–Crippen MR) is 136 cm³/mol. The molecule has 2 heteroatoms. The minimum atomic E-state index is 0.986. The van der Waals surface area contributed by atoms with Crippen LogP contribution >= 0.6 is 0 Å². The van der Waals surface area contributed by atoms with Gasteiger partial charge in [-0.25, -0.2) is 4.98 Å². The van der Waals surface area contributed by atoms with Crippen molar-refractivity contribution in [3.63, 3.8) is 0 Å². The van der Waals surface area contributed by atoms with E-state index in [-0.39, 0.29) is 0 Å². The molecule has 0 saturated heterocycles. The Morgan fingerprint density at radius 1 is 0.750 bits per heavy atom. The Labute approximate surface area is 193 Å². The number of benzene rings is 3. The predicted octanol–water partition coefficient (Wildman–Crippen LogP) is 8.25. The van der Waals surface area contributed by atoms with E-state index in [1.165, 1.54) is 71.2 Å². The van der Waals surface area contributed by atoms with Gasteiger partial charge >= 0.3 is 0 Å². The average molecular weight is 423 g/mol. The van der Waals surface area contributed by atoms with Crippen LogP contribution in [0.15, 0.2) is 73.1 Å². The average Bonchev–Trinajstić information content (AvgIpc) is 3.26. The van der Waals surface area contributed by atoms with Crippen LogP contribution in [0.1, 0.15) is 54.9 Å². The van der Waals surface area contributed by atoms with Gasteiger partial charge in [-0.2, -0.15) is 0 Å². The van der Waals surface area contributed by atoms with Crippen molar-refractivity contribution >= 4 is 0 Å². The fourth-order valence-electron chi connectivity index (χ4n) is 4.60. The molecule has 1 aromatic heterocycles. The van der Waals surface area contributed by atoms with Crippen molar-refractivity contribution in [1.82, 2.24) is 9.55 Å². The molecule has 164 valence electrons. The maximum absolute atomic E-state index is 4.68. The second-order valence-electron chi connectivity index (χ2n) is 8.96. The number of rotatable bonds is 8. The number of aromatic nitrogens is 2. The summed E-state index contributed by atoms with van der Waals surface area (Å²) in [7, 11) is 0. The zero-order valence-corrected chi connectivity index (χ0v) is 19.9. The molecule has 0 amide bonds. The molecule has 3 aromatic carbocycles. The molecule has 0 aliphatic rings. The van der Waals surface area contributed by atoms with Crippen LogP contribution in [-0.4, -0.2) is 9.55 Å². The summed E-state index contributed by atoms with van der Waals surface area (Å²) in [6, 6.07) is 22.3. The second kappa shape index (κ2) is 9.99. The van der Waals surface area contributed by atoms with Gasteiger partial charge in [0.1, 0.15) is 5.82 Å². The van der Waals surface area contributed by atoms with Gasteiger partial charge in [0.15, 0.2) is 0 Å². The van der Waals surface area contributed by atoms with Crippen molar-refractivity contribution in [1.29, 1.82) is 0 Å². The summed E-state index contributed by atoms with van der Waals surface area (Å²) >= 11 is 0. The van der Waals surface area contributed by atoms with Gasteiger partial charge in [0.25, 0.3) is 0 Å². The fourth-order valence-corrected chi connectivity index (χ4v) is 4.60. The first-order valence-corrected chi connectivity index (χ1v) is 11.9. The van der Waals surface area contributed by atoms with Crippen LogP contribution in [-0.2, 0) is 6.42 Å². The molecule has 0 unspecified atom stereocenters. The van der Waals surface area contributed by atoms with E-state index in [1.54, 1.807) is 0 Å². The SMILES string of the molecule is CCCCCCc1ccc(-c2cc(C)c(-n3ccnc3-c3cccc(C)c3)c(C)c2)cc1. The quantitative estimate of drug-likeness (QED) is 0.261. The van der Waals surface area contributed by atoms with E-state index in [2.05, 4.69) is 104 Å². The minimum Gasteiger partial charge on any atom is -0.299 e. The summed E-state index contributed by atoms with van der Waals surface area (Å²) < 4.78 is 2.22. The van der Waals surface area contributed by atoms with Crippen molar-refractivity contribution < 1.29 is 0 Å². The number of hydrogen-bond donors (Lipinski definition) is 0. The van der Waals surface area contributed by atoms with E-state index >= 15 is 0 Å². The Morgan fingerprint density at radius 3 is 2.19 bits per heavy atom. The lowest BCUT2D eigenvalue weighted by atomic mass is 9.97. The van der Waals surface area contributed by atoms with Crippen LogP contribution in [0.5, 0.6) is 0 Å². The minimum absolute atomic E-state index is 0.986. The summed E-state index contributed by atoms with van der Waals surface area (Å²) in [5, 5.41) is 0. The first-order chi connectivity index (χ1) is 15.6. The molecule has 0 fully saturated rings. The van der Waals surface area contributed by atoms with Crippen molar-refractivity contribution in [2.45, 2.75) is 59.8 Å². The Balaban J connectivity index is 1.61. The molecule has 0 radical (unpaired) electrons.